The molecule has 0 aliphatic rings. The average molecular weight is 441 g/mol. The van der Waals surface area contributed by atoms with Crippen molar-refractivity contribution in [3.05, 3.63) is 81.6 Å². The molecule has 0 saturated heterocycles. The van der Waals surface area contributed by atoms with Gasteiger partial charge in [0.05, 0.1) is 5.69 Å². The Bertz CT molecular complexity index is 1000. The van der Waals surface area contributed by atoms with E-state index in [2.05, 4.69) is 31.2 Å². The first-order valence-corrected chi connectivity index (χ1v) is 10.1. The summed E-state index contributed by atoms with van der Waals surface area (Å²) < 4.78 is 0. The number of hydrogen-bond acceptors (Lipinski definition) is 4. The molecule has 6 nitrogen and oxygen atoms in total. The maximum atomic E-state index is 12.4. The third-order valence-electron chi connectivity index (χ3n) is 4.34. The molecule has 144 valence electrons. The fourth-order valence-electron chi connectivity index (χ4n) is 2.90. The van der Waals surface area contributed by atoms with Gasteiger partial charge in [0.1, 0.15) is 0 Å². The number of aromatic nitrogens is 2. The normalized spacial score (nSPS) is 10.6. The molecule has 0 saturated carbocycles. The highest BCUT2D eigenvalue weighted by Gasteiger charge is 2.13. The van der Waals surface area contributed by atoms with E-state index in [1.54, 1.807) is 12.1 Å². The first kappa shape index (κ1) is 19.8. The lowest BCUT2D eigenvalue weighted by Gasteiger charge is -2.10. The highest BCUT2D eigenvalue weighted by Crippen LogP contribution is 2.20. The minimum Gasteiger partial charge on any atom is -0.369 e. The zero-order chi connectivity index (χ0) is 19.9. The summed E-state index contributed by atoms with van der Waals surface area (Å²) in [6, 6.07) is 16.9. The van der Waals surface area contributed by atoms with E-state index in [0.29, 0.717) is 36.2 Å². The van der Waals surface area contributed by atoms with Crippen molar-refractivity contribution in [2.75, 3.05) is 12.3 Å². The number of nitrogens with one attached hydrogen (secondary N) is 2. The lowest BCUT2D eigenvalue weighted by molar-refractivity contribution is 0.0953. The van der Waals surface area contributed by atoms with Crippen LogP contribution in [0.5, 0.6) is 0 Å². The van der Waals surface area contributed by atoms with E-state index in [0.717, 1.165) is 16.5 Å². The second-order valence-electron chi connectivity index (χ2n) is 6.33. The average Bonchev–Trinajstić information content (AvgIpc) is 2.72. The number of hydrogen-bond donors (Lipinski definition) is 3. The predicted molar refractivity (Wildman–Crippen MR) is 114 cm³/mol. The number of nitrogens with two attached hydrogens (primary N) is 1. The molecule has 4 N–H and O–H groups in total. The SMILES string of the molecule is Nc1nc(-c2ccccc2)c(CCCNC(=O)c2ccc(CBr)cc2)c(=O)[nH]1. The largest absolute Gasteiger partial charge is 0.369 e. The van der Waals surface area contributed by atoms with Crippen LogP contribution >= 0.6 is 15.9 Å². The maximum Gasteiger partial charge on any atom is 0.256 e. The number of amides is 1. The van der Waals surface area contributed by atoms with Gasteiger partial charge >= 0.3 is 0 Å². The number of carbonyl (C=O) groups is 1. The molecule has 0 unspecified atom stereocenters. The molecule has 0 spiro atoms. The number of H-pyrrole nitrogens is 1. The minimum absolute atomic E-state index is 0.0906. The molecule has 2 aromatic carbocycles. The summed E-state index contributed by atoms with van der Waals surface area (Å²) in [6.07, 6.45) is 1.09. The summed E-state index contributed by atoms with van der Waals surface area (Å²) in [4.78, 5) is 31.5. The zero-order valence-corrected chi connectivity index (χ0v) is 16.8. The van der Waals surface area contributed by atoms with Crippen molar-refractivity contribution in [3.63, 3.8) is 0 Å². The van der Waals surface area contributed by atoms with Gasteiger partial charge in [-0.25, -0.2) is 4.98 Å². The van der Waals surface area contributed by atoms with Gasteiger partial charge in [0.15, 0.2) is 0 Å². The zero-order valence-electron chi connectivity index (χ0n) is 15.2. The van der Waals surface area contributed by atoms with E-state index >= 15 is 0 Å². The molecule has 0 aliphatic carbocycles. The Morgan fingerprint density at radius 2 is 1.82 bits per heavy atom. The van der Waals surface area contributed by atoms with Gasteiger partial charge in [0.25, 0.3) is 11.5 Å². The monoisotopic (exact) mass is 440 g/mol. The molecule has 1 aromatic heterocycles. The highest BCUT2D eigenvalue weighted by atomic mass is 79.9. The summed E-state index contributed by atoms with van der Waals surface area (Å²) in [5.74, 6) is -0.0402. The molecule has 1 heterocycles. The molecule has 1 amide bonds. The molecule has 0 aliphatic heterocycles. The van der Waals surface area contributed by atoms with Crippen LogP contribution < -0.4 is 16.6 Å². The van der Waals surface area contributed by atoms with Crippen molar-refractivity contribution < 1.29 is 4.79 Å². The fourth-order valence-corrected chi connectivity index (χ4v) is 3.27. The van der Waals surface area contributed by atoms with Crippen LogP contribution in [0.2, 0.25) is 0 Å². The standard InChI is InChI=1S/C21H21BrN4O2/c22-13-14-8-10-16(11-9-14)19(27)24-12-4-7-17-18(15-5-2-1-3-6-15)25-21(23)26-20(17)28/h1-3,5-6,8-11H,4,7,12-13H2,(H,24,27)(H3,23,25,26,28). The Hall–Kier alpha value is -2.93. The molecule has 3 aromatic rings. The Balaban J connectivity index is 1.65. The van der Waals surface area contributed by atoms with E-state index in [1.807, 2.05) is 42.5 Å². The van der Waals surface area contributed by atoms with Crippen molar-refractivity contribution in [2.45, 2.75) is 18.2 Å². The van der Waals surface area contributed by atoms with Gasteiger partial charge in [0, 0.05) is 28.6 Å². The lowest BCUT2D eigenvalue weighted by Crippen LogP contribution is -2.26. The number of nitrogen functional groups attached to an aromatic ring is 1. The van der Waals surface area contributed by atoms with E-state index in [4.69, 9.17) is 5.73 Å². The van der Waals surface area contributed by atoms with E-state index in [1.165, 1.54) is 0 Å². The molecule has 3 rings (SSSR count). The Morgan fingerprint density at radius 1 is 1.11 bits per heavy atom. The Labute approximate surface area is 171 Å². The Morgan fingerprint density at radius 3 is 2.50 bits per heavy atom. The van der Waals surface area contributed by atoms with Crippen LogP contribution in [-0.4, -0.2) is 22.4 Å². The number of nitrogens with zero attached hydrogens (tertiary/aromatic N) is 1. The Kier molecular flexibility index (Phi) is 6.60. The van der Waals surface area contributed by atoms with E-state index in [-0.39, 0.29) is 17.4 Å². The molecule has 0 bridgehead atoms. The summed E-state index contributed by atoms with van der Waals surface area (Å²) in [6.45, 7) is 0.455. The number of anilines is 1. The number of aromatic amines is 1. The van der Waals surface area contributed by atoms with Crippen LogP contribution in [0.15, 0.2) is 59.4 Å². The second-order valence-corrected chi connectivity index (χ2v) is 6.90. The van der Waals surface area contributed by atoms with E-state index in [9.17, 15) is 9.59 Å². The van der Waals surface area contributed by atoms with Gasteiger partial charge in [-0.2, -0.15) is 0 Å². The third kappa shape index (κ3) is 4.86. The van der Waals surface area contributed by atoms with Gasteiger partial charge in [0.2, 0.25) is 5.95 Å². The van der Waals surface area contributed by atoms with Crippen molar-refractivity contribution in [2.24, 2.45) is 0 Å². The van der Waals surface area contributed by atoms with Crippen LogP contribution in [0.25, 0.3) is 11.3 Å². The molecule has 0 atom stereocenters. The summed E-state index contributed by atoms with van der Waals surface area (Å²) in [5, 5.41) is 3.64. The fraction of sp³-hybridized carbons (Fsp3) is 0.190. The van der Waals surface area contributed by atoms with Crippen molar-refractivity contribution >= 4 is 27.8 Å². The summed E-state index contributed by atoms with van der Waals surface area (Å²) in [7, 11) is 0. The molecule has 7 heteroatoms. The third-order valence-corrected chi connectivity index (χ3v) is 4.99. The highest BCUT2D eigenvalue weighted by molar-refractivity contribution is 9.08. The van der Waals surface area contributed by atoms with Gasteiger partial charge in [-0.15, -0.1) is 0 Å². The first-order valence-electron chi connectivity index (χ1n) is 8.95. The van der Waals surface area contributed by atoms with Gasteiger partial charge in [-0.1, -0.05) is 58.4 Å². The van der Waals surface area contributed by atoms with Crippen LogP contribution in [-0.2, 0) is 11.8 Å². The number of halogens is 1. The number of benzene rings is 2. The van der Waals surface area contributed by atoms with Gasteiger partial charge in [-0.05, 0) is 30.5 Å². The quantitative estimate of drug-likeness (QED) is 0.387. The number of carbonyl (C=O) groups excluding carboxylic acids is 1. The maximum absolute atomic E-state index is 12.4. The van der Waals surface area contributed by atoms with E-state index < -0.39 is 0 Å². The lowest BCUT2D eigenvalue weighted by atomic mass is 10.0. The van der Waals surface area contributed by atoms with Crippen molar-refractivity contribution in [3.8, 4) is 11.3 Å². The summed E-state index contributed by atoms with van der Waals surface area (Å²) in [5.41, 5.74) is 9.18. The first-order chi connectivity index (χ1) is 13.6. The van der Waals surface area contributed by atoms with Crippen LogP contribution in [0, 0.1) is 0 Å². The van der Waals surface area contributed by atoms with Gasteiger partial charge < -0.3 is 11.1 Å². The molecule has 0 radical (unpaired) electrons. The van der Waals surface area contributed by atoms with Crippen LogP contribution in [0.1, 0.15) is 27.9 Å². The van der Waals surface area contributed by atoms with Gasteiger partial charge in [-0.3, -0.25) is 14.6 Å². The smallest absolute Gasteiger partial charge is 0.256 e. The van der Waals surface area contributed by atoms with Crippen molar-refractivity contribution in [1.29, 1.82) is 0 Å². The number of rotatable bonds is 7. The molecular formula is C21H21BrN4O2. The topological polar surface area (TPSA) is 101 Å². The molecule has 0 fully saturated rings. The summed E-state index contributed by atoms with van der Waals surface area (Å²) >= 11 is 3.38. The van der Waals surface area contributed by atoms with Crippen LogP contribution in [0.4, 0.5) is 5.95 Å². The van der Waals surface area contributed by atoms with Crippen LogP contribution in [0.3, 0.4) is 0 Å². The predicted octanol–water partition coefficient (Wildman–Crippen LogP) is 3.28. The molecular weight excluding hydrogens is 420 g/mol. The molecule has 28 heavy (non-hydrogen) atoms. The number of alkyl halides is 1. The van der Waals surface area contributed by atoms with Crippen molar-refractivity contribution in [1.82, 2.24) is 15.3 Å². The minimum atomic E-state index is -0.247. The second kappa shape index (κ2) is 9.32.